The van der Waals surface area contributed by atoms with Gasteiger partial charge < -0.3 is 15.5 Å². The Morgan fingerprint density at radius 3 is 2.93 bits per heavy atom. The Kier molecular flexibility index (Phi) is 4.93. The molecule has 0 unspecified atom stereocenters. The third kappa shape index (κ3) is 3.95. The zero-order chi connectivity index (χ0) is 19.7. The predicted octanol–water partition coefficient (Wildman–Crippen LogP) is 2.02. The van der Waals surface area contributed by atoms with E-state index >= 15 is 0 Å². The number of hydrogen-bond donors (Lipinski definition) is 2. The molecular weight excluding hydrogens is 361 g/mol. The van der Waals surface area contributed by atoms with Gasteiger partial charge in [0.15, 0.2) is 0 Å². The number of halogens is 1. The summed E-state index contributed by atoms with van der Waals surface area (Å²) in [6.45, 7) is 3.30. The van der Waals surface area contributed by atoms with Gasteiger partial charge in [-0.05, 0) is 38.0 Å². The van der Waals surface area contributed by atoms with Gasteiger partial charge in [-0.25, -0.2) is 9.37 Å². The van der Waals surface area contributed by atoms with Crippen LogP contribution in [0.3, 0.4) is 0 Å². The largest absolute Gasteiger partial charge is 0.366 e. The molecule has 3 heterocycles. The smallest absolute Gasteiger partial charge is 0.256 e. The molecule has 4 rings (SSSR count). The van der Waals surface area contributed by atoms with E-state index in [0.717, 1.165) is 12.8 Å². The first-order valence-corrected chi connectivity index (χ1v) is 9.43. The Labute approximate surface area is 162 Å². The van der Waals surface area contributed by atoms with Crippen molar-refractivity contribution in [3.05, 3.63) is 52.7 Å². The molecule has 1 aliphatic heterocycles. The molecule has 146 valence electrons. The van der Waals surface area contributed by atoms with E-state index in [0.29, 0.717) is 48.0 Å². The Morgan fingerprint density at radius 2 is 2.18 bits per heavy atom. The fourth-order valence-electron chi connectivity index (χ4n) is 3.19. The van der Waals surface area contributed by atoms with Gasteiger partial charge in [-0.3, -0.25) is 14.6 Å². The van der Waals surface area contributed by atoms with Crippen LogP contribution in [0.1, 0.15) is 40.2 Å². The Hall–Kier alpha value is -3.03. The number of nitrogens with zero attached hydrogens (tertiary/aromatic N) is 3. The molecule has 0 saturated heterocycles. The maximum atomic E-state index is 13.9. The molecule has 8 heteroatoms. The molecule has 28 heavy (non-hydrogen) atoms. The molecule has 2 amide bonds. The van der Waals surface area contributed by atoms with Crippen molar-refractivity contribution in [2.24, 2.45) is 5.92 Å². The Morgan fingerprint density at radius 1 is 1.36 bits per heavy atom. The summed E-state index contributed by atoms with van der Waals surface area (Å²) >= 11 is 0. The predicted molar refractivity (Wildman–Crippen MR) is 101 cm³/mol. The lowest BCUT2D eigenvalue weighted by atomic mass is 10.2. The summed E-state index contributed by atoms with van der Waals surface area (Å²) in [5, 5.41) is 5.95. The third-order valence-electron chi connectivity index (χ3n) is 4.99. The first-order valence-electron chi connectivity index (χ1n) is 9.43. The number of rotatable bonds is 7. The van der Waals surface area contributed by atoms with Crippen molar-refractivity contribution < 1.29 is 14.0 Å². The molecule has 2 aliphatic rings. The van der Waals surface area contributed by atoms with Crippen molar-refractivity contribution in [1.29, 1.82) is 0 Å². The van der Waals surface area contributed by atoms with Crippen molar-refractivity contribution >= 4 is 17.6 Å². The first-order chi connectivity index (χ1) is 13.5. The van der Waals surface area contributed by atoms with E-state index in [-0.39, 0.29) is 30.1 Å². The van der Waals surface area contributed by atoms with Crippen molar-refractivity contribution in [2.75, 3.05) is 18.4 Å². The number of fused-ring (bicyclic) bond motifs is 1. The van der Waals surface area contributed by atoms with E-state index in [1.54, 1.807) is 24.0 Å². The highest BCUT2D eigenvalue weighted by atomic mass is 19.1. The minimum atomic E-state index is -0.309. The summed E-state index contributed by atoms with van der Waals surface area (Å²) in [5.74, 6) is 0.427. The van der Waals surface area contributed by atoms with Crippen LogP contribution in [-0.4, -0.2) is 39.8 Å². The van der Waals surface area contributed by atoms with Crippen LogP contribution in [0.4, 0.5) is 10.2 Å². The maximum Gasteiger partial charge on any atom is 0.256 e. The highest BCUT2D eigenvalue weighted by Crippen LogP contribution is 2.28. The molecule has 2 aromatic rings. The molecule has 1 fully saturated rings. The van der Waals surface area contributed by atoms with Crippen molar-refractivity contribution in [3.63, 3.8) is 0 Å². The highest BCUT2D eigenvalue weighted by Gasteiger charge is 2.31. The summed E-state index contributed by atoms with van der Waals surface area (Å²) in [4.78, 5) is 34.4. The number of carbonyl (C=O) groups is 2. The third-order valence-corrected chi connectivity index (χ3v) is 4.99. The number of amides is 2. The standard InChI is InChI=1S/C20H22FN5O2/c1-12-8-16(21)14(9-23-12)10-24-18-5-4-15-17(25-18)11-26(20(15)28)7-6-22-19(27)13-2-3-13/h4-5,8-9,13H,2-3,6-7,10-11H2,1H3,(H,22,27)(H,24,25). The van der Waals surface area contributed by atoms with Gasteiger partial charge in [-0.2, -0.15) is 0 Å². The average molecular weight is 383 g/mol. The lowest BCUT2D eigenvalue weighted by Gasteiger charge is -2.15. The minimum Gasteiger partial charge on any atom is -0.366 e. The van der Waals surface area contributed by atoms with E-state index < -0.39 is 0 Å². The molecule has 0 radical (unpaired) electrons. The fourth-order valence-corrected chi connectivity index (χ4v) is 3.19. The molecule has 0 atom stereocenters. The summed E-state index contributed by atoms with van der Waals surface area (Å²) in [5.41, 5.74) is 2.34. The first kappa shape index (κ1) is 18.3. The molecule has 0 spiro atoms. The van der Waals surface area contributed by atoms with Gasteiger partial charge in [0.25, 0.3) is 5.91 Å². The van der Waals surface area contributed by atoms with E-state index in [4.69, 9.17) is 0 Å². The van der Waals surface area contributed by atoms with Gasteiger partial charge >= 0.3 is 0 Å². The monoisotopic (exact) mass is 383 g/mol. The van der Waals surface area contributed by atoms with E-state index in [2.05, 4.69) is 20.6 Å². The zero-order valence-electron chi connectivity index (χ0n) is 15.7. The number of aromatic nitrogens is 2. The van der Waals surface area contributed by atoms with Crippen LogP contribution < -0.4 is 10.6 Å². The molecule has 1 saturated carbocycles. The van der Waals surface area contributed by atoms with Gasteiger partial charge in [-0.15, -0.1) is 0 Å². The molecule has 2 aromatic heterocycles. The van der Waals surface area contributed by atoms with Gasteiger partial charge in [0.2, 0.25) is 5.91 Å². The van der Waals surface area contributed by atoms with Crippen molar-refractivity contribution in [2.45, 2.75) is 32.9 Å². The summed E-state index contributed by atoms with van der Waals surface area (Å²) < 4.78 is 13.9. The molecule has 0 aromatic carbocycles. The van der Waals surface area contributed by atoms with Gasteiger partial charge in [0.05, 0.1) is 17.8 Å². The Bertz CT molecular complexity index is 929. The lowest BCUT2D eigenvalue weighted by molar-refractivity contribution is -0.122. The second-order valence-electron chi connectivity index (χ2n) is 7.25. The second kappa shape index (κ2) is 7.53. The summed E-state index contributed by atoms with van der Waals surface area (Å²) in [6.07, 6.45) is 3.43. The molecule has 7 nitrogen and oxygen atoms in total. The van der Waals surface area contributed by atoms with E-state index in [9.17, 15) is 14.0 Å². The van der Waals surface area contributed by atoms with Crippen LogP contribution in [0.5, 0.6) is 0 Å². The van der Waals surface area contributed by atoms with Crippen LogP contribution in [0.15, 0.2) is 24.4 Å². The fraction of sp³-hybridized carbons (Fsp3) is 0.400. The Balaban J connectivity index is 1.34. The van der Waals surface area contributed by atoms with Crippen LogP contribution >= 0.6 is 0 Å². The number of pyridine rings is 2. The van der Waals surface area contributed by atoms with Crippen molar-refractivity contribution in [3.8, 4) is 0 Å². The van der Waals surface area contributed by atoms with Gasteiger partial charge in [0.1, 0.15) is 11.6 Å². The number of nitrogens with one attached hydrogen (secondary N) is 2. The summed E-state index contributed by atoms with van der Waals surface area (Å²) in [7, 11) is 0. The zero-order valence-corrected chi connectivity index (χ0v) is 15.7. The van der Waals surface area contributed by atoms with Crippen LogP contribution in [0.2, 0.25) is 0 Å². The quantitative estimate of drug-likeness (QED) is 0.764. The number of anilines is 1. The van der Waals surface area contributed by atoms with Crippen LogP contribution in [0, 0.1) is 18.7 Å². The number of hydrogen-bond acceptors (Lipinski definition) is 5. The highest BCUT2D eigenvalue weighted by molar-refractivity contribution is 5.98. The minimum absolute atomic E-state index is 0.0756. The molecule has 0 bridgehead atoms. The topological polar surface area (TPSA) is 87.2 Å². The summed E-state index contributed by atoms with van der Waals surface area (Å²) in [6, 6.07) is 4.85. The maximum absolute atomic E-state index is 13.9. The van der Waals surface area contributed by atoms with Gasteiger partial charge in [0, 0.05) is 43.0 Å². The van der Waals surface area contributed by atoms with Crippen LogP contribution in [0.25, 0.3) is 0 Å². The number of carbonyl (C=O) groups excluding carboxylic acids is 2. The lowest BCUT2D eigenvalue weighted by Crippen LogP contribution is -2.35. The molecule has 1 aliphatic carbocycles. The van der Waals surface area contributed by atoms with Gasteiger partial charge in [-0.1, -0.05) is 0 Å². The molecule has 2 N–H and O–H groups in total. The van der Waals surface area contributed by atoms with E-state index in [1.165, 1.54) is 12.3 Å². The van der Waals surface area contributed by atoms with E-state index in [1.807, 2.05) is 0 Å². The molecular formula is C20H22FN5O2. The average Bonchev–Trinajstić information content (AvgIpc) is 3.47. The SMILES string of the molecule is Cc1cc(F)c(CNc2ccc3c(n2)CN(CCNC(=O)C2CC2)C3=O)cn1. The van der Waals surface area contributed by atoms with Crippen molar-refractivity contribution in [1.82, 2.24) is 20.2 Å². The second-order valence-corrected chi connectivity index (χ2v) is 7.25. The van der Waals surface area contributed by atoms with Crippen LogP contribution in [-0.2, 0) is 17.9 Å². The number of aryl methyl sites for hydroxylation is 1. The normalized spacial score (nSPS) is 15.5.